The molecular weight excluding hydrogens is 199 g/mol. The fourth-order valence-electron chi connectivity index (χ4n) is 0.776. The molecule has 0 aliphatic carbocycles. The van der Waals surface area contributed by atoms with Gasteiger partial charge in [0.05, 0.1) is 0 Å². The molecule has 0 bridgehead atoms. The second-order valence-electron chi connectivity index (χ2n) is 2.33. The molecule has 0 saturated heterocycles. The topological polar surface area (TPSA) is 31.4 Å². The number of nitrogens with zero attached hydrogens (tertiary/aromatic N) is 1. The van der Waals surface area contributed by atoms with E-state index in [9.17, 15) is 13.2 Å². The quantitative estimate of drug-likeness (QED) is 0.759. The zero-order valence-corrected chi connectivity index (χ0v) is 7.21. The summed E-state index contributed by atoms with van der Waals surface area (Å²) in [5.41, 5.74) is 0.557. The van der Waals surface area contributed by atoms with Crippen LogP contribution in [0.4, 0.5) is 13.2 Å². The van der Waals surface area contributed by atoms with Gasteiger partial charge in [-0.05, 0) is 6.07 Å². The number of alkyl halides is 3. The van der Waals surface area contributed by atoms with Crippen molar-refractivity contribution < 1.29 is 22.6 Å². The number of halogens is 3. The molecule has 0 aliphatic rings. The summed E-state index contributed by atoms with van der Waals surface area (Å²) >= 11 is 0. The van der Waals surface area contributed by atoms with Crippen LogP contribution >= 0.6 is 0 Å². The van der Waals surface area contributed by atoms with E-state index in [1.54, 1.807) is 0 Å². The molecule has 0 N–H and O–H groups in total. The molecule has 0 unspecified atom stereocenters. The summed E-state index contributed by atoms with van der Waals surface area (Å²) in [6, 6.07) is 2.51. The second kappa shape index (κ2) is 4.28. The maximum Gasteiger partial charge on any atom is 0.574 e. The van der Waals surface area contributed by atoms with Gasteiger partial charge in [-0.25, -0.2) is 4.98 Å². The molecule has 77 valence electrons. The summed E-state index contributed by atoms with van der Waals surface area (Å²) in [6.07, 6.45) is -3.50. The zero-order valence-electron chi connectivity index (χ0n) is 7.21. The van der Waals surface area contributed by atoms with E-state index < -0.39 is 12.2 Å². The first kappa shape index (κ1) is 10.8. The minimum Gasteiger partial charge on any atom is -0.388 e. The lowest BCUT2D eigenvalue weighted by Gasteiger charge is -2.07. The molecule has 0 amide bonds. The monoisotopic (exact) mass is 206 g/mol. The highest BCUT2D eigenvalue weighted by molar-refractivity contribution is 5.21. The van der Waals surface area contributed by atoms with E-state index in [1.165, 1.54) is 26.0 Å². The summed E-state index contributed by atoms with van der Waals surface area (Å²) in [7, 11) is 1.43. The molecular formula is C8H7F3NO2. The third kappa shape index (κ3) is 3.61. The van der Waals surface area contributed by atoms with Gasteiger partial charge < -0.3 is 9.47 Å². The third-order valence-corrected chi connectivity index (χ3v) is 1.23. The maximum absolute atomic E-state index is 11.7. The van der Waals surface area contributed by atoms with Gasteiger partial charge in [-0.1, -0.05) is 0 Å². The van der Waals surface area contributed by atoms with Crippen LogP contribution in [0.25, 0.3) is 0 Å². The molecule has 1 rings (SSSR count). The number of hydrogen-bond acceptors (Lipinski definition) is 3. The van der Waals surface area contributed by atoms with E-state index in [4.69, 9.17) is 0 Å². The van der Waals surface area contributed by atoms with Crippen LogP contribution in [0, 0.1) is 6.61 Å². The Kier molecular flexibility index (Phi) is 3.29. The molecule has 0 aromatic carbocycles. The van der Waals surface area contributed by atoms with E-state index in [0.29, 0.717) is 5.56 Å². The van der Waals surface area contributed by atoms with E-state index in [1.807, 2.05) is 0 Å². The predicted molar refractivity (Wildman–Crippen MR) is 41.3 cm³/mol. The van der Waals surface area contributed by atoms with Gasteiger partial charge in [0.2, 0.25) is 5.88 Å². The van der Waals surface area contributed by atoms with E-state index in [-0.39, 0.29) is 0 Å². The van der Waals surface area contributed by atoms with Crippen LogP contribution in [0.3, 0.4) is 0 Å². The zero-order chi connectivity index (χ0) is 10.6. The van der Waals surface area contributed by atoms with Crippen molar-refractivity contribution in [2.75, 3.05) is 7.11 Å². The van der Waals surface area contributed by atoms with Gasteiger partial charge in [-0.2, -0.15) is 0 Å². The van der Waals surface area contributed by atoms with Crippen molar-refractivity contribution in [1.82, 2.24) is 4.98 Å². The van der Waals surface area contributed by atoms with Crippen LogP contribution in [0.15, 0.2) is 18.3 Å². The predicted octanol–water partition coefficient (Wildman–Crippen LogP) is 2.14. The Morgan fingerprint density at radius 1 is 1.36 bits per heavy atom. The Morgan fingerprint density at radius 3 is 2.50 bits per heavy atom. The Balaban J connectivity index is 2.64. The molecule has 14 heavy (non-hydrogen) atoms. The third-order valence-electron chi connectivity index (χ3n) is 1.23. The van der Waals surface area contributed by atoms with Crippen LogP contribution in [0.5, 0.6) is 5.88 Å². The van der Waals surface area contributed by atoms with Gasteiger partial charge in [-0.15, -0.1) is 13.2 Å². The van der Waals surface area contributed by atoms with Crippen LogP contribution in [0.1, 0.15) is 5.56 Å². The van der Waals surface area contributed by atoms with Gasteiger partial charge in [-0.3, -0.25) is 0 Å². The first-order chi connectivity index (χ1) is 6.51. The fourth-order valence-corrected chi connectivity index (χ4v) is 0.776. The number of ether oxygens (including phenoxy) is 2. The second-order valence-corrected chi connectivity index (χ2v) is 2.33. The molecule has 0 saturated carbocycles. The summed E-state index contributed by atoms with van der Waals surface area (Å²) in [5.74, 6) is -0.495. The first-order valence-corrected chi connectivity index (χ1v) is 3.59. The van der Waals surface area contributed by atoms with E-state index >= 15 is 0 Å². The lowest BCUT2D eigenvalue weighted by molar-refractivity contribution is -0.276. The summed E-state index contributed by atoms with van der Waals surface area (Å²) < 4.78 is 43.3. The van der Waals surface area contributed by atoms with Gasteiger partial charge in [0.15, 0.2) is 0 Å². The molecule has 1 aromatic heterocycles. The van der Waals surface area contributed by atoms with Crippen LogP contribution in [0.2, 0.25) is 0 Å². The van der Waals surface area contributed by atoms with Crippen molar-refractivity contribution in [3.8, 4) is 5.88 Å². The standard InChI is InChI=1S/C8H7F3NO2/c1-13-5-6-2-3-7(12-4-6)14-8(9,10)11/h2-5H,1H3. The average molecular weight is 206 g/mol. The van der Waals surface area contributed by atoms with Crippen molar-refractivity contribution in [2.24, 2.45) is 0 Å². The molecule has 0 fully saturated rings. The maximum atomic E-state index is 11.7. The minimum absolute atomic E-state index is 0.495. The number of methoxy groups -OCH3 is 1. The lowest BCUT2D eigenvalue weighted by Crippen LogP contribution is -2.17. The molecule has 3 nitrogen and oxygen atoms in total. The molecule has 6 heteroatoms. The number of rotatable bonds is 3. The Bertz CT molecular complexity index is 284. The van der Waals surface area contributed by atoms with Crippen molar-refractivity contribution >= 4 is 0 Å². The highest BCUT2D eigenvalue weighted by Crippen LogP contribution is 2.20. The van der Waals surface area contributed by atoms with Gasteiger partial charge in [0, 0.05) is 24.9 Å². The smallest absolute Gasteiger partial charge is 0.388 e. The minimum atomic E-state index is -4.71. The first-order valence-electron chi connectivity index (χ1n) is 3.59. The van der Waals surface area contributed by atoms with Gasteiger partial charge in [0.1, 0.15) is 6.61 Å². The summed E-state index contributed by atoms with van der Waals surface area (Å²) in [6.45, 7) is 1.35. The molecule has 0 atom stereocenters. The molecule has 1 radical (unpaired) electrons. The molecule has 1 heterocycles. The van der Waals surface area contributed by atoms with Crippen molar-refractivity contribution in [1.29, 1.82) is 0 Å². The van der Waals surface area contributed by atoms with Crippen molar-refractivity contribution in [3.63, 3.8) is 0 Å². The largest absolute Gasteiger partial charge is 0.574 e. The van der Waals surface area contributed by atoms with Crippen LogP contribution < -0.4 is 4.74 Å². The number of pyridine rings is 1. The van der Waals surface area contributed by atoms with Crippen molar-refractivity contribution in [3.05, 3.63) is 30.5 Å². The van der Waals surface area contributed by atoms with Gasteiger partial charge in [0.25, 0.3) is 0 Å². The summed E-state index contributed by atoms with van der Waals surface area (Å²) in [4.78, 5) is 3.43. The lowest BCUT2D eigenvalue weighted by atomic mass is 10.3. The Labute approximate surface area is 78.5 Å². The number of aromatic nitrogens is 1. The number of hydrogen-bond donors (Lipinski definition) is 0. The van der Waals surface area contributed by atoms with Crippen LogP contribution in [-0.2, 0) is 4.74 Å². The van der Waals surface area contributed by atoms with Gasteiger partial charge >= 0.3 is 6.36 Å². The van der Waals surface area contributed by atoms with E-state index in [2.05, 4.69) is 14.5 Å². The Hall–Kier alpha value is -1.30. The van der Waals surface area contributed by atoms with E-state index in [0.717, 1.165) is 6.07 Å². The van der Waals surface area contributed by atoms with Crippen LogP contribution in [-0.4, -0.2) is 18.5 Å². The average Bonchev–Trinajstić information content (AvgIpc) is 2.06. The normalized spacial score (nSPS) is 11.4. The highest BCUT2D eigenvalue weighted by Gasteiger charge is 2.31. The Morgan fingerprint density at radius 2 is 2.07 bits per heavy atom. The highest BCUT2D eigenvalue weighted by atomic mass is 19.4. The molecule has 1 aromatic rings. The summed E-state index contributed by atoms with van der Waals surface area (Å²) in [5, 5.41) is 0. The molecule has 0 aliphatic heterocycles. The SMILES string of the molecule is CO[CH]c1ccc(OC(F)(F)F)nc1. The van der Waals surface area contributed by atoms with Crippen molar-refractivity contribution in [2.45, 2.75) is 6.36 Å². The fraction of sp³-hybridized carbons (Fsp3) is 0.250. The molecule has 0 spiro atoms.